The zero-order valence-corrected chi connectivity index (χ0v) is 29.0. The van der Waals surface area contributed by atoms with Crippen molar-refractivity contribution in [2.45, 2.75) is 6.18 Å². The van der Waals surface area contributed by atoms with E-state index in [0.29, 0.717) is 5.30 Å². The van der Waals surface area contributed by atoms with Crippen LogP contribution in [-0.2, 0) is 21.8 Å². The van der Waals surface area contributed by atoms with E-state index in [-0.39, 0.29) is 0 Å². The van der Waals surface area contributed by atoms with Gasteiger partial charge in [-0.3, -0.25) is 0 Å². The third kappa shape index (κ3) is 9.68. The largest absolute Gasteiger partial charge is 0.0622 e. The smallest absolute Gasteiger partial charge is 0.0134 e. The van der Waals surface area contributed by atoms with Gasteiger partial charge in [0, 0.05) is 0 Å². The molecule has 0 aliphatic carbocycles. The van der Waals surface area contributed by atoms with Gasteiger partial charge >= 0.3 is 41.3 Å². The molecule has 225 valence electrons. The van der Waals surface area contributed by atoms with Gasteiger partial charge < -0.3 is 0 Å². The van der Waals surface area contributed by atoms with E-state index in [4.69, 9.17) is 0 Å². The summed E-state index contributed by atoms with van der Waals surface area (Å²) in [6, 6.07) is 57.4. The van der Waals surface area contributed by atoms with Crippen molar-refractivity contribution in [3.63, 3.8) is 0 Å². The number of hydrogen-bond acceptors (Lipinski definition) is 0. The Labute approximate surface area is 281 Å². The maximum Gasteiger partial charge on any atom is -0.0134 e. The standard InChI is InChI=1S/C19H14F3P.C18H15P.HI.Pd/c20-19(21,22)15-8-7-13-18(14-15)23(16-9-3-1-4-10-16)17-11-5-2-6-12-17;1-4-10-16(11-5-1)19(17-12-6-2-7-13-17)18-14-8-3-9-15-18;;/h1-14H;1-15H;1H;/q;;;+1/p-1. The summed E-state index contributed by atoms with van der Waals surface area (Å²) >= 11 is 4.72. The molecule has 7 heteroatoms. The van der Waals surface area contributed by atoms with Gasteiger partial charge in [-0.15, -0.1) is 0 Å². The van der Waals surface area contributed by atoms with Gasteiger partial charge in [-0.2, -0.15) is 13.2 Å². The summed E-state index contributed by atoms with van der Waals surface area (Å²) in [5, 5.41) is 6.97. The fraction of sp³-hybridized carbons (Fsp3) is 0.0270. The van der Waals surface area contributed by atoms with E-state index in [1.165, 1.54) is 28.0 Å². The van der Waals surface area contributed by atoms with E-state index in [0.717, 1.165) is 16.7 Å². The average molecular weight is 826 g/mol. The summed E-state index contributed by atoms with van der Waals surface area (Å²) in [5.41, 5.74) is -0.602. The summed E-state index contributed by atoms with van der Waals surface area (Å²) in [6.07, 6.45) is -4.33. The van der Waals surface area contributed by atoms with E-state index in [9.17, 15) is 13.2 Å². The third-order valence-electron chi connectivity index (χ3n) is 6.50. The van der Waals surface area contributed by atoms with E-state index in [1.807, 2.05) is 80.2 Å². The zero-order chi connectivity index (χ0) is 31.2. The molecule has 0 saturated carbocycles. The van der Waals surface area contributed by atoms with Gasteiger partial charge in [0.05, 0.1) is 5.56 Å². The molecule has 0 spiro atoms. The van der Waals surface area contributed by atoms with Crippen molar-refractivity contribution in [3.05, 3.63) is 181 Å². The normalized spacial score (nSPS) is 10.8. The molecule has 0 N–H and O–H groups in total. The van der Waals surface area contributed by atoms with Crippen LogP contribution in [0.2, 0.25) is 0 Å². The van der Waals surface area contributed by atoms with Gasteiger partial charge in [-0.1, -0.05) is 164 Å². The Hall–Kier alpha value is -2.64. The molecular weight excluding hydrogens is 797 g/mol. The molecule has 0 radical (unpaired) electrons. The summed E-state index contributed by atoms with van der Waals surface area (Å²) < 4.78 is 39.1. The van der Waals surface area contributed by atoms with Crippen LogP contribution in [0.1, 0.15) is 5.56 Å². The van der Waals surface area contributed by atoms with E-state index < -0.39 is 27.6 Å². The van der Waals surface area contributed by atoms with Crippen molar-refractivity contribution in [2.24, 2.45) is 0 Å². The Morgan fingerprint density at radius 2 is 0.614 bits per heavy atom. The predicted octanol–water partition coefficient (Wildman–Crippen LogP) is 8.79. The van der Waals surface area contributed by atoms with Crippen molar-refractivity contribution in [1.82, 2.24) is 0 Å². The maximum atomic E-state index is 13.0. The molecule has 0 aromatic heterocycles. The van der Waals surface area contributed by atoms with Crippen LogP contribution in [0, 0.1) is 0 Å². The third-order valence-corrected chi connectivity index (χ3v) is 11.4. The SMILES string of the molecule is FC(F)(F)c1cccc(P(c2ccccc2)c2ccccc2)c1.[Pd][I].c1ccc(P(c2ccccc2)c2ccccc2)cc1. The van der Waals surface area contributed by atoms with Gasteiger partial charge in [0.15, 0.2) is 0 Å². The summed E-state index contributed by atoms with van der Waals surface area (Å²) in [4.78, 5) is 0. The monoisotopic (exact) mass is 825 g/mol. The molecule has 44 heavy (non-hydrogen) atoms. The van der Waals surface area contributed by atoms with E-state index in [2.05, 4.69) is 107 Å². The van der Waals surface area contributed by atoms with E-state index in [1.54, 1.807) is 6.07 Å². The Kier molecular flexibility index (Phi) is 13.8. The second kappa shape index (κ2) is 17.7. The van der Waals surface area contributed by atoms with Crippen molar-refractivity contribution in [2.75, 3.05) is 0 Å². The molecule has 0 aliphatic heterocycles. The molecule has 0 fully saturated rings. The minimum absolute atomic E-state index is 0.446. The maximum absolute atomic E-state index is 13.0. The van der Waals surface area contributed by atoms with Crippen LogP contribution in [0.15, 0.2) is 176 Å². The van der Waals surface area contributed by atoms with Crippen LogP contribution in [0.4, 0.5) is 13.2 Å². The minimum Gasteiger partial charge on any atom is -0.0622 e. The minimum atomic E-state index is -4.33. The number of halogens is 4. The quantitative estimate of drug-likeness (QED) is 0.0896. The first-order valence-electron chi connectivity index (χ1n) is 13.7. The Morgan fingerprint density at radius 3 is 0.886 bits per heavy atom. The number of benzene rings is 6. The van der Waals surface area contributed by atoms with Gasteiger partial charge in [-0.25, -0.2) is 0 Å². The second-order valence-electron chi connectivity index (χ2n) is 9.40. The van der Waals surface area contributed by atoms with E-state index >= 15 is 0 Å². The average Bonchev–Trinajstić information content (AvgIpc) is 3.09. The molecule has 0 amide bonds. The summed E-state index contributed by atoms with van der Waals surface area (Å²) in [5.74, 6) is 0. The summed E-state index contributed by atoms with van der Waals surface area (Å²) in [7, 11) is -1.46. The Bertz CT molecular complexity index is 1520. The van der Waals surface area contributed by atoms with Gasteiger partial charge in [0.25, 0.3) is 0 Å². The van der Waals surface area contributed by atoms with Crippen LogP contribution in [0.5, 0.6) is 0 Å². The Morgan fingerprint density at radius 1 is 0.364 bits per heavy atom. The molecule has 6 rings (SSSR count). The van der Waals surface area contributed by atoms with Crippen LogP contribution >= 0.6 is 35.4 Å². The Balaban J connectivity index is 0.000000193. The first-order chi connectivity index (χ1) is 21.5. The number of alkyl halides is 3. The fourth-order valence-electron chi connectivity index (χ4n) is 4.60. The van der Waals surface area contributed by atoms with Crippen molar-refractivity contribution < 1.29 is 28.8 Å². The summed E-state index contributed by atoms with van der Waals surface area (Å²) in [6.45, 7) is 0. The molecule has 6 aromatic rings. The zero-order valence-electron chi connectivity index (χ0n) is 23.5. The van der Waals surface area contributed by atoms with Crippen LogP contribution in [0.25, 0.3) is 0 Å². The molecule has 0 atom stereocenters. The van der Waals surface area contributed by atoms with Gasteiger partial charge in [-0.05, 0) is 59.8 Å². The first-order valence-corrected chi connectivity index (χ1v) is 21.0. The first kappa shape index (κ1) is 34.2. The molecule has 0 unspecified atom stereocenters. The predicted molar refractivity (Wildman–Crippen MR) is 189 cm³/mol. The molecule has 0 bridgehead atoms. The molecular formula is C37H29F3IP2Pd. The molecule has 0 aliphatic rings. The van der Waals surface area contributed by atoms with Crippen molar-refractivity contribution in [3.8, 4) is 0 Å². The van der Waals surface area contributed by atoms with Crippen LogP contribution in [0.3, 0.4) is 0 Å². The molecule has 0 nitrogen and oxygen atoms in total. The van der Waals surface area contributed by atoms with Crippen LogP contribution in [-0.4, -0.2) is 0 Å². The number of rotatable bonds is 6. The van der Waals surface area contributed by atoms with Crippen molar-refractivity contribution in [1.29, 1.82) is 0 Å². The number of hydrogen-bond donors (Lipinski definition) is 0. The van der Waals surface area contributed by atoms with Gasteiger partial charge in [0.2, 0.25) is 0 Å². The molecule has 0 saturated heterocycles. The second-order valence-corrected chi connectivity index (χ2v) is 13.8. The molecule has 0 heterocycles. The van der Waals surface area contributed by atoms with Gasteiger partial charge in [0.1, 0.15) is 0 Å². The molecule has 6 aromatic carbocycles. The van der Waals surface area contributed by atoms with Crippen LogP contribution < -0.4 is 31.8 Å². The van der Waals surface area contributed by atoms with Crippen molar-refractivity contribution >= 4 is 67.2 Å². The fourth-order valence-corrected chi connectivity index (χ4v) is 9.24. The topological polar surface area (TPSA) is 0 Å².